The van der Waals surface area contributed by atoms with Gasteiger partial charge in [0.25, 0.3) is 0 Å². The van der Waals surface area contributed by atoms with Crippen LogP contribution in [0.25, 0.3) is 0 Å². The number of rotatable bonds is 12. The number of halogens is 2. The van der Waals surface area contributed by atoms with Crippen LogP contribution in [0.2, 0.25) is 0 Å². The highest BCUT2D eigenvalue weighted by molar-refractivity contribution is 15.0. The SMILES string of the molecule is C.C.C.C=CC(=O)OCCOc1ccc(C(C)(C)c2ccc(OCCOC(=O)C=C)cc2)cc1.II. The first kappa shape index (κ1) is 38.5. The van der Waals surface area contributed by atoms with Crippen LogP contribution < -0.4 is 9.47 Å². The second-order valence-electron chi connectivity index (χ2n) is 7.11. The van der Waals surface area contributed by atoms with Crippen LogP contribution in [0.5, 0.6) is 11.5 Å². The summed E-state index contributed by atoms with van der Waals surface area (Å²) < 4.78 is 21.0. The Morgan fingerprint density at radius 3 is 1.28 bits per heavy atom. The summed E-state index contributed by atoms with van der Waals surface area (Å²) in [5.74, 6) is 0.478. The van der Waals surface area contributed by atoms with Crippen LogP contribution in [-0.2, 0) is 24.5 Å². The lowest BCUT2D eigenvalue weighted by Gasteiger charge is -2.26. The lowest BCUT2D eigenvalue weighted by molar-refractivity contribution is -0.139. The Morgan fingerprint density at radius 1 is 0.694 bits per heavy atom. The fourth-order valence-corrected chi connectivity index (χ4v) is 2.82. The van der Waals surface area contributed by atoms with E-state index in [1.54, 1.807) is 0 Å². The first-order valence-corrected chi connectivity index (χ1v) is 16.3. The molecule has 0 spiro atoms. The van der Waals surface area contributed by atoms with E-state index < -0.39 is 11.9 Å². The minimum Gasteiger partial charge on any atom is -0.490 e. The molecule has 0 N–H and O–H groups in total. The lowest BCUT2D eigenvalue weighted by Crippen LogP contribution is -2.19. The summed E-state index contributed by atoms with van der Waals surface area (Å²) in [6.07, 6.45) is 2.24. The molecule has 36 heavy (non-hydrogen) atoms. The van der Waals surface area contributed by atoms with E-state index in [4.69, 9.17) is 18.9 Å². The molecule has 8 heteroatoms. The van der Waals surface area contributed by atoms with E-state index in [2.05, 4.69) is 64.2 Å². The Kier molecular flexibility index (Phi) is 22.5. The molecule has 0 aromatic heterocycles. The van der Waals surface area contributed by atoms with E-state index in [0.717, 1.165) is 23.3 Å². The van der Waals surface area contributed by atoms with Crippen molar-refractivity contribution in [1.29, 1.82) is 0 Å². The van der Waals surface area contributed by atoms with E-state index in [0.29, 0.717) is 11.5 Å². The standard InChI is InChI=1S/C25H28O6.3CH4.I2/c1-5-23(26)30-17-15-28-21-11-7-19(8-12-21)25(3,4)20-9-13-22(14-10-20)29-16-18-31-24(27)6-2;;;;1-2/h5-14H,1-2,15-18H2,3-4H3;3*1H4;. The number of benzene rings is 2. The van der Waals surface area contributed by atoms with Crippen molar-refractivity contribution in [2.45, 2.75) is 41.5 Å². The maximum Gasteiger partial charge on any atom is 0.330 e. The van der Waals surface area contributed by atoms with Crippen molar-refractivity contribution >= 4 is 49.2 Å². The van der Waals surface area contributed by atoms with Gasteiger partial charge in [-0.2, -0.15) is 0 Å². The molecular formula is C28H40I2O6. The van der Waals surface area contributed by atoms with Gasteiger partial charge < -0.3 is 18.9 Å². The van der Waals surface area contributed by atoms with Crippen molar-refractivity contribution < 1.29 is 28.5 Å². The second-order valence-corrected chi connectivity index (χ2v) is 7.11. The van der Waals surface area contributed by atoms with Crippen LogP contribution >= 0.6 is 37.2 Å². The minimum absolute atomic E-state index is 0. The van der Waals surface area contributed by atoms with Crippen LogP contribution in [0, 0.1) is 0 Å². The Labute approximate surface area is 240 Å². The topological polar surface area (TPSA) is 71.1 Å². The summed E-state index contributed by atoms with van der Waals surface area (Å²) in [4.78, 5) is 22.0. The molecule has 202 valence electrons. The van der Waals surface area contributed by atoms with Crippen molar-refractivity contribution in [3.05, 3.63) is 85.0 Å². The molecule has 2 rings (SSSR count). The van der Waals surface area contributed by atoms with Crippen LogP contribution in [0.3, 0.4) is 0 Å². The van der Waals surface area contributed by atoms with Crippen LogP contribution in [0.15, 0.2) is 73.8 Å². The molecular weight excluding hydrogens is 686 g/mol. The van der Waals surface area contributed by atoms with Gasteiger partial charge in [0.1, 0.15) is 37.9 Å². The van der Waals surface area contributed by atoms with E-state index in [1.165, 1.54) is 0 Å². The fourth-order valence-electron chi connectivity index (χ4n) is 2.82. The quantitative estimate of drug-likeness (QED) is 0.0959. The molecule has 0 heterocycles. The fraction of sp³-hybridized carbons (Fsp3) is 0.357. The van der Waals surface area contributed by atoms with E-state index in [-0.39, 0.29) is 54.1 Å². The van der Waals surface area contributed by atoms with Crippen molar-refractivity contribution in [3.8, 4) is 11.5 Å². The summed E-state index contributed by atoms with van der Waals surface area (Å²) in [7, 11) is 0. The zero-order valence-corrected chi connectivity index (χ0v) is 23.0. The summed E-state index contributed by atoms with van der Waals surface area (Å²) in [5, 5.41) is 0. The molecule has 0 atom stereocenters. The molecule has 2 aromatic carbocycles. The Morgan fingerprint density at radius 2 is 1.00 bits per heavy atom. The Bertz CT molecular complexity index is 820. The average molecular weight is 726 g/mol. The van der Waals surface area contributed by atoms with Crippen molar-refractivity contribution in [2.75, 3.05) is 26.4 Å². The minimum atomic E-state index is -0.465. The third-order valence-electron chi connectivity index (χ3n) is 4.68. The number of carbonyl (C=O) groups excluding carboxylic acids is 2. The van der Waals surface area contributed by atoms with Gasteiger partial charge in [-0.15, -0.1) is 0 Å². The number of esters is 2. The first-order chi connectivity index (χ1) is 15.9. The van der Waals surface area contributed by atoms with Gasteiger partial charge in [0, 0.05) is 54.8 Å². The summed E-state index contributed by atoms with van der Waals surface area (Å²) in [6, 6.07) is 15.7. The van der Waals surface area contributed by atoms with Gasteiger partial charge in [0.2, 0.25) is 0 Å². The van der Waals surface area contributed by atoms with Crippen molar-refractivity contribution in [1.82, 2.24) is 0 Å². The second kappa shape index (κ2) is 21.0. The maximum atomic E-state index is 11.0. The van der Waals surface area contributed by atoms with Crippen molar-refractivity contribution in [3.63, 3.8) is 0 Å². The predicted octanol–water partition coefficient (Wildman–Crippen LogP) is 7.91. The molecule has 0 bridgehead atoms. The molecule has 0 aliphatic rings. The van der Waals surface area contributed by atoms with Crippen LogP contribution in [0.4, 0.5) is 0 Å². The molecule has 0 amide bonds. The van der Waals surface area contributed by atoms with Gasteiger partial charge >= 0.3 is 11.9 Å². The first-order valence-electron chi connectivity index (χ1n) is 10.1. The third-order valence-corrected chi connectivity index (χ3v) is 4.68. The summed E-state index contributed by atoms with van der Waals surface area (Å²) in [5.41, 5.74) is 2.03. The van der Waals surface area contributed by atoms with Gasteiger partial charge in [-0.1, -0.05) is 73.6 Å². The maximum absolute atomic E-state index is 11.0. The zero-order valence-electron chi connectivity index (χ0n) is 18.7. The zero-order chi connectivity index (χ0) is 24.7. The Hall–Kier alpha value is -2.08. The van der Waals surface area contributed by atoms with Crippen LogP contribution in [0.1, 0.15) is 47.3 Å². The highest BCUT2D eigenvalue weighted by Gasteiger charge is 2.23. The normalized spacial score (nSPS) is 9.33. The molecule has 6 nitrogen and oxygen atoms in total. The predicted molar refractivity (Wildman–Crippen MR) is 167 cm³/mol. The molecule has 2 aromatic rings. The highest BCUT2D eigenvalue weighted by atomic mass is 128. The molecule has 0 aliphatic heterocycles. The molecule has 0 aliphatic carbocycles. The van der Waals surface area contributed by atoms with Crippen LogP contribution in [-0.4, -0.2) is 38.4 Å². The third kappa shape index (κ3) is 13.3. The van der Waals surface area contributed by atoms with E-state index in [1.807, 2.05) is 48.5 Å². The van der Waals surface area contributed by atoms with E-state index >= 15 is 0 Å². The molecule has 0 fully saturated rings. The van der Waals surface area contributed by atoms with Gasteiger partial charge in [-0.05, 0) is 35.4 Å². The number of hydrogen-bond acceptors (Lipinski definition) is 6. The smallest absolute Gasteiger partial charge is 0.330 e. The molecule has 0 radical (unpaired) electrons. The summed E-state index contributed by atoms with van der Waals surface area (Å²) >= 11 is 4.24. The van der Waals surface area contributed by atoms with Gasteiger partial charge in [0.15, 0.2) is 0 Å². The number of hydrogen-bond donors (Lipinski definition) is 0. The molecule has 0 saturated heterocycles. The van der Waals surface area contributed by atoms with Crippen molar-refractivity contribution in [2.24, 2.45) is 0 Å². The summed E-state index contributed by atoms with van der Waals surface area (Å²) in [6.45, 7) is 11.9. The lowest BCUT2D eigenvalue weighted by atomic mass is 9.78. The van der Waals surface area contributed by atoms with Gasteiger partial charge in [0.05, 0.1) is 0 Å². The largest absolute Gasteiger partial charge is 0.490 e. The number of carbonyl (C=O) groups is 2. The monoisotopic (exact) mass is 726 g/mol. The van der Waals surface area contributed by atoms with Gasteiger partial charge in [-0.25, -0.2) is 9.59 Å². The highest BCUT2D eigenvalue weighted by Crippen LogP contribution is 2.33. The average Bonchev–Trinajstić information content (AvgIpc) is 2.86. The molecule has 0 unspecified atom stereocenters. The number of ether oxygens (including phenoxy) is 4. The van der Waals surface area contributed by atoms with Gasteiger partial charge in [-0.3, -0.25) is 0 Å². The van der Waals surface area contributed by atoms with E-state index in [9.17, 15) is 9.59 Å². The Balaban J connectivity index is -0.00000212. The molecule has 0 saturated carbocycles.